The number of piperidine rings is 1. The fraction of sp³-hybridized carbons (Fsp3) is 0.458. The van der Waals surface area contributed by atoms with Crippen LogP contribution in [0.4, 0.5) is 5.69 Å². The summed E-state index contributed by atoms with van der Waals surface area (Å²) in [5.74, 6) is 0.771. The number of sulfonamides is 1. The van der Waals surface area contributed by atoms with E-state index in [0.29, 0.717) is 36.9 Å². The highest BCUT2D eigenvalue weighted by Crippen LogP contribution is 2.31. The van der Waals surface area contributed by atoms with Crippen LogP contribution in [0.5, 0.6) is 11.5 Å². The zero-order chi connectivity index (χ0) is 23.1. The third-order valence-electron chi connectivity index (χ3n) is 5.10. The molecule has 0 spiro atoms. The van der Waals surface area contributed by atoms with Crippen molar-refractivity contribution in [2.24, 2.45) is 0 Å². The molecule has 1 N–H and O–H groups in total. The van der Waals surface area contributed by atoms with Crippen LogP contribution in [0, 0.1) is 0 Å². The van der Waals surface area contributed by atoms with Crippen molar-refractivity contribution < 1.29 is 22.7 Å². The second-order valence-corrected chi connectivity index (χ2v) is 10.0. The summed E-state index contributed by atoms with van der Waals surface area (Å²) in [7, 11) is -3.71. The molecule has 174 valence electrons. The third-order valence-corrected chi connectivity index (χ3v) is 7.01. The first-order chi connectivity index (χ1) is 15.3. The van der Waals surface area contributed by atoms with Crippen LogP contribution in [0.25, 0.3) is 0 Å². The molecule has 0 bridgehead atoms. The van der Waals surface area contributed by atoms with Gasteiger partial charge in [-0.1, -0.05) is 18.6 Å². The minimum absolute atomic E-state index is 0.0446. The average molecular weight is 461 g/mol. The molecule has 0 saturated carbocycles. The zero-order valence-corrected chi connectivity index (χ0v) is 19.8. The number of carbonyl (C=O) groups excluding carboxylic acids is 1. The highest BCUT2D eigenvalue weighted by atomic mass is 32.2. The van der Waals surface area contributed by atoms with Gasteiger partial charge in [-0.25, -0.2) is 8.42 Å². The predicted molar refractivity (Wildman–Crippen MR) is 125 cm³/mol. The fourth-order valence-electron chi connectivity index (χ4n) is 3.70. The molecule has 0 aromatic heterocycles. The first kappa shape index (κ1) is 24.1. The molecule has 1 aliphatic rings. The Balaban J connectivity index is 1.78. The fourth-order valence-corrected chi connectivity index (χ4v) is 5.37. The van der Waals surface area contributed by atoms with E-state index in [1.54, 1.807) is 12.1 Å². The standard InChI is InChI=1S/C24H32N2O5S/c1-4-30-22-12-11-20(17-23(22)32(28,29)26-13-6-5-7-14-26)25-24(27)16-19-9-8-10-21(15-19)31-18(2)3/h8-12,15,17-18H,4-7,13-14,16H2,1-3H3,(H,25,27). The Morgan fingerprint density at radius 2 is 1.84 bits per heavy atom. The van der Waals surface area contributed by atoms with Gasteiger partial charge < -0.3 is 14.8 Å². The molecule has 2 aromatic carbocycles. The maximum atomic E-state index is 13.3. The van der Waals surface area contributed by atoms with Crippen molar-refractivity contribution in [2.45, 2.75) is 57.5 Å². The zero-order valence-electron chi connectivity index (χ0n) is 19.0. The van der Waals surface area contributed by atoms with E-state index in [0.717, 1.165) is 24.8 Å². The van der Waals surface area contributed by atoms with Crippen LogP contribution >= 0.6 is 0 Å². The first-order valence-corrected chi connectivity index (χ1v) is 12.6. The summed E-state index contributed by atoms with van der Waals surface area (Å²) in [6.45, 7) is 7.05. The van der Waals surface area contributed by atoms with Crippen LogP contribution in [-0.4, -0.2) is 44.4 Å². The molecule has 1 fully saturated rings. The quantitative estimate of drug-likeness (QED) is 0.605. The Morgan fingerprint density at radius 1 is 1.09 bits per heavy atom. The summed E-state index contributed by atoms with van der Waals surface area (Å²) in [4.78, 5) is 12.7. The topological polar surface area (TPSA) is 84.9 Å². The molecule has 7 nitrogen and oxygen atoms in total. The average Bonchev–Trinajstić information content (AvgIpc) is 2.75. The van der Waals surface area contributed by atoms with Crippen LogP contribution in [-0.2, 0) is 21.2 Å². The number of carbonyl (C=O) groups is 1. The third kappa shape index (κ3) is 6.23. The van der Waals surface area contributed by atoms with Gasteiger partial charge in [0, 0.05) is 18.8 Å². The lowest BCUT2D eigenvalue weighted by Gasteiger charge is -2.27. The molecule has 1 aliphatic heterocycles. The summed E-state index contributed by atoms with van der Waals surface area (Å²) in [5, 5.41) is 2.82. The molecule has 0 unspecified atom stereocenters. The van der Waals surface area contributed by atoms with Crippen molar-refractivity contribution in [1.82, 2.24) is 4.31 Å². The van der Waals surface area contributed by atoms with Crippen molar-refractivity contribution in [2.75, 3.05) is 25.0 Å². The van der Waals surface area contributed by atoms with Crippen molar-refractivity contribution in [3.05, 3.63) is 48.0 Å². The maximum Gasteiger partial charge on any atom is 0.246 e. The molecule has 32 heavy (non-hydrogen) atoms. The lowest BCUT2D eigenvalue weighted by molar-refractivity contribution is -0.115. The maximum absolute atomic E-state index is 13.3. The van der Waals surface area contributed by atoms with Gasteiger partial charge in [0.05, 0.1) is 19.1 Å². The number of hydrogen-bond donors (Lipinski definition) is 1. The largest absolute Gasteiger partial charge is 0.492 e. The smallest absolute Gasteiger partial charge is 0.246 e. The van der Waals surface area contributed by atoms with E-state index >= 15 is 0 Å². The van der Waals surface area contributed by atoms with Gasteiger partial charge in [0.15, 0.2) is 0 Å². The van der Waals surface area contributed by atoms with E-state index in [2.05, 4.69) is 5.32 Å². The van der Waals surface area contributed by atoms with E-state index in [-0.39, 0.29) is 23.3 Å². The van der Waals surface area contributed by atoms with Gasteiger partial charge in [0.2, 0.25) is 15.9 Å². The van der Waals surface area contributed by atoms with Crippen LogP contribution in [0.15, 0.2) is 47.4 Å². The van der Waals surface area contributed by atoms with Gasteiger partial charge in [-0.2, -0.15) is 4.31 Å². The summed E-state index contributed by atoms with van der Waals surface area (Å²) in [6, 6.07) is 12.2. The van der Waals surface area contributed by atoms with Gasteiger partial charge in [-0.15, -0.1) is 0 Å². The molecule has 1 saturated heterocycles. The number of amides is 1. The Bertz CT molecular complexity index is 1030. The first-order valence-electron chi connectivity index (χ1n) is 11.1. The number of anilines is 1. The number of hydrogen-bond acceptors (Lipinski definition) is 5. The molecule has 2 aromatic rings. The Kier molecular flexibility index (Phi) is 8.15. The van der Waals surface area contributed by atoms with Crippen molar-refractivity contribution in [3.8, 4) is 11.5 Å². The van der Waals surface area contributed by atoms with E-state index in [1.165, 1.54) is 10.4 Å². The minimum Gasteiger partial charge on any atom is -0.492 e. The number of ether oxygens (including phenoxy) is 2. The number of rotatable bonds is 9. The molecule has 1 heterocycles. The highest BCUT2D eigenvalue weighted by molar-refractivity contribution is 7.89. The molecule has 0 radical (unpaired) electrons. The van der Waals surface area contributed by atoms with Crippen LogP contribution in [0.2, 0.25) is 0 Å². The monoisotopic (exact) mass is 460 g/mol. The Morgan fingerprint density at radius 3 is 2.53 bits per heavy atom. The van der Waals surface area contributed by atoms with E-state index in [4.69, 9.17) is 9.47 Å². The van der Waals surface area contributed by atoms with Gasteiger partial charge in [0.1, 0.15) is 16.4 Å². The predicted octanol–water partition coefficient (Wildman–Crippen LogP) is 4.23. The van der Waals surface area contributed by atoms with Crippen molar-refractivity contribution in [1.29, 1.82) is 0 Å². The molecular formula is C24H32N2O5S. The SMILES string of the molecule is CCOc1ccc(NC(=O)Cc2cccc(OC(C)C)c2)cc1S(=O)(=O)N1CCCCC1. The molecular weight excluding hydrogens is 428 g/mol. The molecule has 3 rings (SSSR count). The van der Waals surface area contributed by atoms with Crippen LogP contribution < -0.4 is 14.8 Å². The van der Waals surface area contributed by atoms with E-state index in [1.807, 2.05) is 45.0 Å². The normalized spacial score (nSPS) is 14.9. The lowest BCUT2D eigenvalue weighted by atomic mass is 10.1. The summed E-state index contributed by atoms with van der Waals surface area (Å²) in [5.41, 5.74) is 1.23. The lowest BCUT2D eigenvalue weighted by Crippen LogP contribution is -2.35. The highest BCUT2D eigenvalue weighted by Gasteiger charge is 2.29. The molecule has 1 amide bonds. The Hall–Kier alpha value is -2.58. The van der Waals surface area contributed by atoms with Crippen molar-refractivity contribution >= 4 is 21.6 Å². The second kappa shape index (κ2) is 10.8. The summed E-state index contributed by atoms with van der Waals surface area (Å²) >= 11 is 0. The van der Waals surface area contributed by atoms with E-state index < -0.39 is 10.0 Å². The van der Waals surface area contributed by atoms with Crippen molar-refractivity contribution in [3.63, 3.8) is 0 Å². The minimum atomic E-state index is -3.71. The second-order valence-electron chi connectivity index (χ2n) is 8.10. The van der Waals surface area contributed by atoms with Gasteiger partial charge in [0.25, 0.3) is 0 Å². The molecule has 8 heteroatoms. The van der Waals surface area contributed by atoms with Crippen LogP contribution in [0.1, 0.15) is 45.6 Å². The van der Waals surface area contributed by atoms with E-state index in [9.17, 15) is 13.2 Å². The van der Waals surface area contributed by atoms with Gasteiger partial charge >= 0.3 is 0 Å². The van der Waals surface area contributed by atoms with Gasteiger partial charge in [-0.05, 0) is 69.5 Å². The number of benzene rings is 2. The number of nitrogens with zero attached hydrogens (tertiary/aromatic N) is 1. The summed E-state index contributed by atoms with van der Waals surface area (Å²) in [6.07, 6.45) is 2.92. The molecule has 0 aliphatic carbocycles. The van der Waals surface area contributed by atoms with Crippen LogP contribution in [0.3, 0.4) is 0 Å². The number of nitrogens with one attached hydrogen (secondary N) is 1. The molecule has 0 atom stereocenters. The summed E-state index contributed by atoms with van der Waals surface area (Å²) < 4.78 is 39.3. The Labute approximate surface area is 190 Å². The van der Waals surface area contributed by atoms with Gasteiger partial charge in [-0.3, -0.25) is 4.79 Å².